The number of aromatic amines is 1. The highest BCUT2D eigenvalue weighted by Gasteiger charge is 2.29. The minimum atomic E-state index is -4.41. The van der Waals surface area contributed by atoms with Crippen LogP contribution >= 0.6 is 0 Å². The Morgan fingerprint density at radius 2 is 1.87 bits per heavy atom. The van der Waals surface area contributed by atoms with E-state index < -0.39 is 17.8 Å². The van der Waals surface area contributed by atoms with Crippen molar-refractivity contribution in [2.24, 2.45) is 0 Å². The van der Waals surface area contributed by atoms with Crippen LogP contribution in [0.15, 0.2) is 43.0 Å². The standard InChI is InChI=1S/C14H10F3N5O/c15-14(16,17)8-1-3-9(4-2-8)21-13(23)22-11-6-19-10-5-18-7-20-12(10)11/h1-7,19H,(H2,21,22,23). The Morgan fingerprint density at radius 3 is 2.57 bits per heavy atom. The van der Waals surface area contributed by atoms with Crippen LogP contribution in [0.3, 0.4) is 0 Å². The minimum Gasteiger partial charge on any atom is -0.357 e. The Labute approximate surface area is 127 Å². The summed E-state index contributed by atoms with van der Waals surface area (Å²) >= 11 is 0. The molecule has 2 heterocycles. The first-order chi connectivity index (χ1) is 10.9. The summed E-state index contributed by atoms with van der Waals surface area (Å²) in [6.45, 7) is 0. The zero-order chi connectivity index (χ0) is 16.4. The first-order valence-corrected chi connectivity index (χ1v) is 6.46. The molecule has 0 aliphatic rings. The molecule has 0 radical (unpaired) electrons. The van der Waals surface area contributed by atoms with Gasteiger partial charge in [0.1, 0.15) is 11.8 Å². The fourth-order valence-corrected chi connectivity index (χ4v) is 1.99. The number of hydrogen-bond donors (Lipinski definition) is 3. The van der Waals surface area contributed by atoms with Gasteiger partial charge in [-0.25, -0.2) is 14.8 Å². The second-order valence-corrected chi connectivity index (χ2v) is 4.64. The molecule has 1 aromatic carbocycles. The number of carbonyl (C=O) groups excluding carboxylic acids is 1. The van der Waals surface area contributed by atoms with Gasteiger partial charge in [0.25, 0.3) is 0 Å². The summed E-state index contributed by atoms with van der Waals surface area (Å²) in [6.07, 6.45) is 0.0343. The van der Waals surface area contributed by atoms with Gasteiger partial charge < -0.3 is 15.6 Å². The van der Waals surface area contributed by atoms with Crippen molar-refractivity contribution < 1.29 is 18.0 Å². The first kappa shape index (κ1) is 14.8. The molecule has 3 N–H and O–H groups in total. The molecule has 0 fully saturated rings. The third-order valence-corrected chi connectivity index (χ3v) is 3.06. The number of nitrogens with one attached hydrogen (secondary N) is 3. The Morgan fingerprint density at radius 1 is 1.13 bits per heavy atom. The molecule has 3 rings (SSSR count). The average Bonchev–Trinajstić information content (AvgIpc) is 2.90. The topological polar surface area (TPSA) is 82.7 Å². The number of carbonyl (C=O) groups is 1. The number of rotatable bonds is 2. The zero-order valence-corrected chi connectivity index (χ0v) is 11.5. The van der Waals surface area contributed by atoms with Gasteiger partial charge >= 0.3 is 12.2 Å². The fourth-order valence-electron chi connectivity index (χ4n) is 1.99. The van der Waals surface area contributed by atoms with E-state index in [9.17, 15) is 18.0 Å². The van der Waals surface area contributed by atoms with Crippen LogP contribution in [0.4, 0.5) is 29.3 Å². The van der Waals surface area contributed by atoms with Crippen LogP contribution in [0, 0.1) is 0 Å². The van der Waals surface area contributed by atoms with Gasteiger partial charge in [-0.15, -0.1) is 0 Å². The summed E-state index contributed by atoms with van der Waals surface area (Å²) < 4.78 is 37.4. The molecule has 0 saturated heterocycles. The summed E-state index contributed by atoms with van der Waals surface area (Å²) in [5.74, 6) is 0. The van der Waals surface area contributed by atoms with Gasteiger partial charge in [0.05, 0.1) is 23.0 Å². The first-order valence-electron chi connectivity index (χ1n) is 6.46. The maximum Gasteiger partial charge on any atom is 0.416 e. The Balaban J connectivity index is 1.70. The Bertz CT molecular complexity index is 841. The number of nitrogens with zero attached hydrogens (tertiary/aromatic N) is 2. The fraction of sp³-hybridized carbons (Fsp3) is 0.0714. The summed E-state index contributed by atoms with van der Waals surface area (Å²) in [7, 11) is 0. The van der Waals surface area contributed by atoms with Crippen LogP contribution < -0.4 is 10.6 Å². The van der Waals surface area contributed by atoms with Gasteiger partial charge in [-0.2, -0.15) is 13.2 Å². The van der Waals surface area contributed by atoms with Gasteiger partial charge in [-0.3, -0.25) is 0 Å². The molecule has 0 aliphatic carbocycles. The van der Waals surface area contributed by atoms with Crippen molar-refractivity contribution in [1.29, 1.82) is 0 Å². The van der Waals surface area contributed by atoms with Crippen molar-refractivity contribution in [3.8, 4) is 0 Å². The molecule has 2 amide bonds. The molecule has 0 saturated carbocycles. The second kappa shape index (κ2) is 5.59. The van der Waals surface area contributed by atoms with Crippen LogP contribution in [-0.4, -0.2) is 21.0 Å². The molecular weight excluding hydrogens is 311 g/mol. The third-order valence-electron chi connectivity index (χ3n) is 3.06. The molecule has 0 atom stereocenters. The van der Waals surface area contributed by atoms with Crippen LogP contribution in [-0.2, 0) is 6.18 Å². The van der Waals surface area contributed by atoms with Gasteiger partial charge in [-0.05, 0) is 24.3 Å². The number of halogens is 3. The predicted octanol–water partition coefficient (Wildman–Crippen LogP) is 3.62. The maximum absolute atomic E-state index is 12.5. The van der Waals surface area contributed by atoms with Crippen LogP contribution in [0.1, 0.15) is 5.56 Å². The van der Waals surface area contributed by atoms with E-state index in [0.29, 0.717) is 16.7 Å². The molecule has 9 heteroatoms. The van der Waals surface area contributed by atoms with E-state index in [1.54, 1.807) is 12.4 Å². The largest absolute Gasteiger partial charge is 0.416 e. The predicted molar refractivity (Wildman–Crippen MR) is 78.0 cm³/mol. The van der Waals surface area contributed by atoms with Crippen molar-refractivity contribution in [3.63, 3.8) is 0 Å². The molecule has 0 unspecified atom stereocenters. The van der Waals surface area contributed by atoms with Gasteiger partial charge in [-0.1, -0.05) is 0 Å². The van der Waals surface area contributed by atoms with Crippen molar-refractivity contribution in [2.45, 2.75) is 6.18 Å². The lowest BCUT2D eigenvalue weighted by atomic mass is 10.2. The second-order valence-electron chi connectivity index (χ2n) is 4.64. The van der Waals surface area contributed by atoms with Crippen molar-refractivity contribution in [2.75, 3.05) is 10.6 Å². The normalized spacial score (nSPS) is 11.4. The highest BCUT2D eigenvalue weighted by molar-refractivity contribution is 6.04. The van der Waals surface area contributed by atoms with E-state index in [-0.39, 0.29) is 5.69 Å². The quantitative estimate of drug-likeness (QED) is 0.674. The Hall–Kier alpha value is -3.10. The van der Waals surface area contributed by atoms with E-state index in [1.807, 2.05) is 0 Å². The van der Waals surface area contributed by atoms with Crippen molar-refractivity contribution >= 4 is 28.4 Å². The minimum absolute atomic E-state index is 0.241. The summed E-state index contributed by atoms with van der Waals surface area (Å²) in [4.78, 5) is 22.7. The summed E-state index contributed by atoms with van der Waals surface area (Å²) in [6, 6.07) is 3.56. The number of benzene rings is 1. The lowest BCUT2D eigenvalue weighted by molar-refractivity contribution is -0.137. The number of alkyl halides is 3. The highest BCUT2D eigenvalue weighted by Crippen LogP contribution is 2.29. The van der Waals surface area contributed by atoms with E-state index in [4.69, 9.17) is 0 Å². The molecule has 2 aromatic heterocycles. The number of hydrogen-bond acceptors (Lipinski definition) is 3. The van der Waals surface area contributed by atoms with Crippen molar-refractivity contribution in [1.82, 2.24) is 15.0 Å². The van der Waals surface area contributed by atoms with Gasteiger partial charge in [0.15, 0.2) is 0 Å². The van der Waals surface area contributed by atoms with E-state index in [2.05, 4.69) is 25.6 Å². The van der Waals surface area contributed by atoms with Gasteiger partial charge in [0.2, 0.25) is 0 Å². The molecule has 3 aromatic rings. The number of H-pyrrole nitrogens is 1. The van der Waals surface area contributed by atoms with Gasteiger partial charge in [0, 0.05) is 11.9 Å². The third kappa shape index (κ3) is 3.23. The monoisotopic (exact) mass is 321 g/mol. The smallest absolute Gasteiger partial charge is 0.357 e. The molecule has 0 spiro atoms. The number of urea groups is 1. The Kier molecular flexibility index (Phi) is 3.61. The molecule has 0 bridgehead atoms. The molecular formula is C14H10F3N5O. The zero-order valence-electron chi connectivity index (χ0n) is 11.5. The maximum atomic E-state index is 12.5. The van der Waals surface area contributed by atoms with Crippen LogP contribution in [0.5, 0.6) is 0 Å². The number of aromatic nitrogens is 3. The summed E-state index contributed by atoms with van der Waals surface area (Å²) in [5, 5.41) is 5.01. The van der Waals surface area contributed by atoms with E-state index in [0.717, 1.165) is 12.1 Å². The van der Waals surface area contributed by atoms with Crippen molar-refractivity contribution in [3.05, 3.63) is 48.5 Å². The van der Waals surface area contributed by atoms with E-state index in [1.165, 1.54) is 18.5 Å². The lowest BCUT2D eigenvalue weighted by Crippen LogP contribution is -2.19. The van der Waals surface area contributed by atoms with Crippen LogP contribution in [0.25, 0.3) is 11.0 Å². The average molecular weight is 321 g/mol. The molecule has 6 nitrogen and oxygen atoms in total. The summed E-state index contributed by atoms with van der Waals surface area (Å²) in [5.41, 5.74) is 1.08. The SMILES string of the molecule is O=C(Nc1ccc(C(F)(F)F)cc1)Nc1c[nH]c2cncnc12. The lowest BCUT2D eigenvalue weighted by Gasteiger charge is -2.09. The molecule has 118 valence electrons. The van der Waals surface area contributed by atoms with E-state index >= 15 is 0 Å². The number of fused-ring (bicyclic) bond motifs is 1. The van der Waals surface area contributed by atoms with Crippen LogP contribution in [0.2, 0.25) is 0 Å². The number of anilines is 2. The highest BCUT2D eigenvalue weighted by atomic mass is 19.4. The number of amides is 2. The molecule has 0 aliphatic heterocycles. The molecule has 23 heavy (non-hydrogen) atoms.